The highest BCUT2D eigenvalue weighted by Crippen LogP contribution is 2.25. The minimum atomic E-state index is -1.09. The predicted molar refractivity (Wildman–Crippen MR) is 77.0 cm³/mol. The number of carboxylic acid groups (broad SMARTS) is 1. The summed E-state index contributed by atoms with van der Waals surface area (Å²) in [6.45, 7) is 2.13. The molecule has 2 aromatic carbocycles. The zero-order valence-electron chi connectivity index (χ0n) is 11.1. The molecule has 0 bridgehead atoms. The van der Waals surface area contributed by atoms with Crippen LogP contribution in [-0.2, 0) is 6.54 Å². The first-order valence-electron chi connectivity index (χ1n) is 6.14. The second-order valence-corrected chi connectivity index (χ2v) is 4.44. The predicted octanol–water partition coefficient (Wildman–Crippen LogP) is 3.14. The van der Waals surface area contributed by atoms with E-state index in [2.05, 4.69) is 5.32 Å². The number of aryl methyl sites for hydroxylation is 1. The van der Waals surface area contributed by atoms with Gasteiger partial charge >= 0.3 is 6.09 Å². The lowest BCUT2D eigenvalue weighted by Crippen LogP contribution is -2.20. The minimum absolute atomic E-state index is 0.145. The Morgan fingerprint density at radius 1 is 1.25 bits per heavy atom. The minimum Gasteiger partial charge on any atom is -0.465 e. The second kappa shape index (κ2) is 5.97. The average molecular weight is 272 g/mol. The summed E-state index contributed by atoms with van der Waals surface area (Å²) >= 11 is 0. The molecule has 20 heavy (non-hydrogen) atoms. The van der Waals surface area contributed by atoms with Gasteiger partial charge in [0.15, 0.2) is 0 Å². The van der Waals surface area contributed by atoms with Crippen LogP contribution in [0.4, 0.5) is 10.5 Å². The zero-order valence-corrected chi connectivity index (χ0v) is 11.1. The highest BCUT2D eigenvalue weighted by atomic mass is 16.5. The van der Waals surface area contributed by atoms with Gasteiger partial charge < -0.3 is 20.9 Å². The number of rotatable bonds is 4. The van der Waals surface area contributed by atoms with Gasteiger partial charge in [-0.25, -0.2) is 4.79 Å². The number of ether oxygens (including phenoxy) is 1. The van der Waals surface area contributed by atoms with Gasteiger partial charge in [-0.15, -0.1) is 0 Å². The monoisotopic (exact) mass is 272 g/mol. The van der Waals surface area contributed by atoms with Gasteiger partial charge in [-0.2, -0.15) is 0 Å². The molecule has 0 unspecified atom stereocenters. The molecule has 5 heteroatoms. The molecule has 0 aliphatic rings. The van der Waals surface area contributed by atoms with Crippen LogP contribution in [0.5, 0.6) is 11.5 Å². The van der Waals surface area contributed by atoms with Crippen molar-refractivity contribution in [1.29, 1.82) is 0 Å². The van der Waals surface area contributed by atoms with Gasteiger partial charge in [-0.05, 0) is 48.4 Å². The fraction of sp³-hybridized carbons (Fsp3) is 0.133. The molecule has 4 N–H and O–H groups in total. The number of carbonyl (C=O) groups is 1. The number of hydrogen-bond acceptors (Lipinski definition) is 3. The van der Waals surface area contributed by atoms with Crippen LogP contribution in [0.1, 0.15) is 11.1 Å². The van der Waals surface area contributed by atoms with Gasteiger partial charge in [-0.1, -0.05) is 12.1 Å². The normalized spacial score (nSPS) is 10.1. The fourth-order valence-corrected chi connectivity index (χ4v) is 1.78. The van der Waals surface area contributed by atoms with Crippen molar-refractivity contribution in [2.45, 2.75) is 13.5 Å². The van der Waals surface area contributed by atoms with Crippen LogP contribution in [0.25, 0.3) is 0 Å². The maximum atomic E-state index is 10.5. The number of hydrogen-bond donors (Lipinski definition) is 3. The van der Waals surface area contributed by atoms with E-state index < -0.39 is 6.09 Å². The zero-order chi connectivity index (χ0) is 14.5. The molecule has 0 aromatic heterocycles. The molecule has 5 nitrogen and oxygen atoms in total. The van der Waals surface area contributed by atoms with Gasteiger partial charge in [0.1, 0.15) is 11.5 Å². The Kier molecular flexibility index (Phi) is 4.10. The van der Waals surface area contributed by atoms with Crippen LogP contribution in [0.2, 0.25) is 0 Å². The van der Waals surface area contributed by atoms with Crippen molar-refractivity contribution in [3.8, 4) is 11.5 Å². The lowest BCUT2D eigenvalue weighted by Gasteiger charge is -2.10. The quantitative estimate of drug-likeness (QED) is 0.746. The van der Waals surface area contributed by atoms with Crippen molar-refractivity contribution in [3.63, 3.8) is 0 Å². The van der Waals surface area contributed by atoms with Crippen molar-refractivity contribution < 1.29 is 14.6 Å². The summed E-state index contributed by atoms with van der Waals surface area (Å²) in [5.74, 6) is 1.35. The van der Waals surface area contributed by atoms with E-state index in [-0.39, 0.29) is 6.54 Å². The topological polar surface area (TPSA) is 84.6 Å². The molecule has 0 radical (unpaired) electrons. The Labute approximate surface area is 117 Å². The molecular formula is C15H16N2O3. The van der Waals surface area contributed by atoms with Crippen molar-refractivity contribution in [2.75, 3.05) is 5.73 Å². The molecule has 0 saturated carbocycles. The third kappa shape index (κ3) is 3.65. The third-order valence-corrected chi connectivity index (χ3v) is 2.77. The molecule has 0 aliphatic heterocycles. The Morgan fingerprint density at radius 2 is 2.00 bits per heavy atom. The van der Waals surface area contributed by atoms with Crippen LogP contribution >= 0.6 is 0 Å². The maximum Gasteiger partial charge on any atom is 0.404 e. The fourth-order valence-electron chi connectivity index (χ4n) is 1.78. The summed E-state index contributed by atoms with van der Waals surface area (Å²) in [5.41, 5.74) is 8.11. The summed E-state index contributed by atoms with van der Waals surface area (Å²) in [4.78, 5) is 10.5. The van der Waals surface area contributed by atoms with Crippen LogP contribution in [0.15, 0.2) is 42.5 Å². The summed E-state index contributed by atoms with van der Waals surface area (Å²) in [6.07, 6.45) is -1.09. The Morgan fingerprint density at radius 3 is 2.70 bits per heavy atom. The van der Waals surface area contributed by atoms with E-state index in [1.54, 1.807) is 18.2 Å². The summed E-state index contributed by atoms with van der Waals surface area (Å²) in [7, 11) is 0. The highest BCUT2D eigenvalue weighted by Gasteiger charge is 2.05. The van der Waals surface area contributed by atoms with Gasteiger partial charge in [-0.3, -0.25) is 0 Å². The van der Waals surface area contributed by atoms with Crippen LogP contribution in [0.3, 0.4) is 0 Å². The second-order valence-electron chi connectivity index (χ2n) is 4.44. The van der Waals surface area contributed by atoms with Crippen molar-refractivity contribution in [3.05, 3.63) is 53.6 Å². The van der Waals surface area contributed by atoms with E-state index in [0.29, 0.717) is 17.0 Å². The SMILES string of the molecule is Cc1cccc(Oc2ccc(N)c(CNC(=O)O)c2)c1. The summed E-state index contributed by atoms with van der Waals surface area (Å²) in [5, 5.41) is 10.9. The molecule has 0 spiro atoms. The van der Waals surface area contributed by atoms with Gasteiger partial charge in [0.25, 0.3) is 0 Å². The van der Waals surface area contributed by atoms with Crippen molar-refractivity contribution in [1.82, 2.24) is 5.32 Å². The van der Waals surface area contributed by atoms with E-state index in [1.165, 1.54) is 0 Å². The molecule has 0 atom stereocenters. The lowest BCUT2D eigenvalue weighted by atomic mass is 10.1. The molecule has 0 aliphatic carbocycles. The highest BCUT2D eigenvalue weighted by molar-refractivity contribution is 5.65. The van der Waals surface area contributed by atoms with Gasteiger partial charge in [0.2, 0.25) is 0 Å². The molecule has 2 aromatic rings. The number of benzene rings is 2. The number of nitrogens with one attached hydrogen (secondary N) is 1. The molecule has 1 amide bonds. The van der Waals surface area contributed by atoms with Crippen LogP contribution in [0, 0.1) is 6.92 Å². The van der Waals surface area contributed by atoms with E-state index in [4.69, 9.17) is 15.6 Å². The molecule has 0 fully saturated rings. The smallest absolute Gasteiger partial charge is 0.404 e. The van der Waals surface area contributed by atoms with Crippen molar-refractivity contribution in [2.24, 2.45) is 0 Å². The lowest BCUT2D eigenvalue weighted by molar-refractivity contribution is 0.194. The van der Waals surface area contributed by atoms with Crippen LogP contribution < -0.4 is 15.8 Å². The number of anilines is 1. The molecule has 2 rings (SSSR count). The molecule has 104 valence electrons. The molecule has 0 saturated heterocycles. The first-order valence-corrected chi connectivity index (χ1v) is 6.14. The van der Waals surface area contributed by atoms with E-state index in [9.17, 15) is 4.79 Å². The molecular weight excluding hydrogens is 256 g/mol. The van der Waals surface area contributed by atoms with Gasteiger partial charge in [0, 0.05) is 12.2 Å². The first-order chi connectivity index (χ1) is 9.54. The standard InChI is InChI=1S/C15H16N2O3/c1-10-3-2-4-12(7-10)20-13-5-6-14(16)11(8-13)9-17-15(18)19/h2-8,17H,9,16H2,1H3,(H,18,19). The third-order valence-electron chi connectivity index (χ3n) is 2.77. The average Bonchev–Trinajstić information content (AvgIpc) is 2.39. The first kappa shape index (κ1) is 13.7. The van der Waals surface area contributed by atoms with Crippen molar-refractivity contribution >= 4 is 11.8 Å². The van der Waals surface area contributed by atoms with Crippen LogP contribution in [-0.4, -0.2) is 11.2 Å². The Bertz CT molecular complexity index is 626. The Balaban J connectivity index is 2.16. The van der Waals surface area contributed by atoms with E-state index >= 15 is 0 Å². The maximum absolute atomic E-state index is 10.5. The Hall–Kier alpha value is -2.69. The molecule has 0 heterocycles. The van der Waals surface area contributed by atoms with E-state index in [0.717, 1.165) is 11.3 Å². The number of nitrogen functional groups attached to an aromatic ring is 1. The van der Waals surface area contributed by atoms with Gasteiger partial charge in [0.05, 0.1) is 0 Å². The number of nitrogens with two attached hydrogens (primary N) is 1. The largest absolute Gasteiger partial charge is 0.465 e. The summed E-state index contributed by atoms with van der Waals surface area (Å²) in [6, 6.07) is 12.9. The summed E-state index contributed by atoms with van der Waals surface area (Å²) < 4.78 is 5.73. The number of amides is 1. The van der Waals surface area contributed by atoms with E-state index in [1.807, 2.05) is 31.2 Å².